The van der Waals surface area contributed by atoms with Gasteiger partial charge in [0.1, 0.15) is 5.78 Å². The van der Waals surface area contributed by atoms with Crippen molar-refractivity contribution in [2.45, 2.75) is 45.2 Å². The van der Waals surface area contributed by atoms with Crippen molar-refractivity contribution < 1.29 is 4.79 Å². The lowest BCUT2D eigenvalue weighted by molar-refractivity contribution is -0.117. The highest BCUT2D eigenvalue weighted by Crippen LogP contribution is 2.26. The predicted octanol–water partition coefficient (Wildman–Crippen LogP) is 2.67. The van der Waals surface area contributed by atoms with Crippen LogP contribution in [0.5, 0.6) is 0 Å². The quantitative estimate of drug-likeness (QED) is 0.780. The highest BCUT2D eigenvalue weighted by molar-refractivity contribution is 5.83. The third kappa shape index (κ3) is 2.95. The lowest BCUT2D eigenvalue weighted by Crippen LogP contribution is -2.45. The van der Waals surface area contributed by atoms with Crippen molar-refractivity contribution in [3.63, 3.8) is 0 Å². The maximum Gasteiger partial charge on any atom is 0.148 e. The van der Waals surface area contributed by atoms with Crippen LogP contribution in [-0.2, 0) is 11.2 Å². The number of benzene rings is 1. The average Bonchev–Trinajstić information content (AvgIpc) is 2.60. The molecular formula is C15H21NO. The molecule has 1 saturated heterocycles. The van der Waals surface area contributed by atoms with Gasteiger partial charge in [-0.2, -0.15) is 0 Å². The molecule has 0 aromatic heterocycles. The third-order valence-electron chi connectivity index (χ3n) is 3.43. The number of carbonyl (C=O) groups is 1. The average molecular weight is 231 g/mol. The smallest absolute Gasteiger partial charge is 0.148 e. The van der Waals surface area contributed by atoms with Crippen molar-refractivity contribution >= 4 is 5.78 Å². The van der Waals surface area contributed by atoms with Gasteiger partial charge in [-0.1, -0.05) is 30.3 Å². The largest absolute Gasteiger partial charge is 0.298 e. The van der Waals surface area contributed by atoms with Crippen molar-refractivity contribution in [3.8, 4) is 0 Å². The summed E-state index contributed by atoms with van der Waals surface area (Å²) in [5.41, 5.74) is 1.40. The SMILES string of the molecule is CC(C)(C)N1CC(=O)C[C@@H]1Cc1ccccc1. The van der Waals surface area contributed by atoms with E-state index in [-0.39, 0.29) is 5.54 Å². The Balaban J connectivity index is 2.12. The van der Waals surface area contributed by atoms with Crippen LogP contribution in [0.15, 0.2) is 30.3 Å². The first-order valence-electron chi connectivity index (χ1n) is 6.29. The summed E-state index contributed by atoms with van der Waals surface area (Å²) in [6, 6.07) is 10.8. The van der Waals surface area contributed by atoms with Gasteiger partial charge in [0, 0.05) is 18.0 Å². The number of carbonyl (C=O) groups excluding carboxylic acids is 1. The zero-order valence-corrected chi connectivity index (χ0v) is 10.9. The van der Waals surface area contributed by atoms with Crippen molar-refractivity contribution in [2.24, 2.45) is 0 Å². The van der Waals surface area contributed by atoms with E-state index in [1.165, 1.54) is 5.56 Å². The van der Waals surface area contributed by atoms with Crippen molar-refractivity contribution in [3.05, 3.63) is 35.9 Å². The monoisotopic (exact) mass is 231 g/mol. The Hall–Kier alpha value is -1.15. The van der Waals surface area contributed by atoms with Gasteiger partial charge in [-0.05, 0) is 32.8 Å². The van der Waals surface area contributed by atoms with Crippen LogP contribution in [0.1, 0.15) is 32.8 Å². The molecule has 1 aliphatic heterocycles. The van der Waals surface area contributed by atoms with Gasteiger partial charge in [0.25, 0.3) is 0 Å². The summed E-state index contributed by atoms with van der Waals surface area (Å²) in [7, 11) is 0. The van der Waals surface area contributed by atoms with Crippen LogP contribution in [0.4, 0.5) is 0 Å². The van der Waals surface area contributed by atoms with E-state index in [1.807, 2.05) is 6.07 Å². The molecule has 1 fully saturated rings. The highest BCUT2D eigenvalue weighted by atomic mass is 16.1. The number of hydrogen-bond donors (Lipinski definition) is 0. The second kappa shape index (κ2) is 4.61. The molecule has 0 spiro atoms. The molecule has 1 aromatic rings. The molecule has 0 amide bonds. The number of ketones is 1. The van der Waals surface area contributed by atoms with Gasteiger partial charge in [-0.25, -0.2) is 0 Å². The first kappa shape index (κ1) is 12.3. The molecule has 0 bridgehead atoms. The van der Waals surface area contributed by atoms with E-state index in [0.717, 1.165) is 6.42 Å². The number of likely N-dealkylation sites (tertiary alicyclic amines) is 1. The van der Waals surface area contributed by atoms with E-state index in [1.54, 1.807) is 0 Å². The molecule has 0 N–H and O–H groups in total. The lowest BCUT2D eigenvalue weighted by Gasteiger charge is -2.36. The minimum Gasteiger partial charge on any atom is -0.298 e. The second-order valence-electron chi connectivity index (χ2n) is 5.89. The molecule has 17 heavy (non-hydrogen) atoms. The van der Waals surface area contributed by atoms with Crippen molar-refractivity contribution in [1.82, 2.24) is 4.90 Å². The number of nitrogens with zero attached hydrogens (tertiary/aromatic N) is 1. The normalized spacial score (nSPS) is 22.1. The first-order valence-corrected chi connectivity index (χ1v) is 6.29. The van der Waals surface area contributed by atoms with Crippen LogP contribution in [-0.4, -0.2) is 28.8 Å². The van der Waals surface area contributed by atoms with Crippen LogP contribution in [0, 0.1) is 0 Å². The maximum absolute atomic E-state index is 11.7. The molecule has 2 rings (SSSR count). The standard InChI is InChI=1S/C15H21NO/c1-15(2,3)16-11-14(17)10-13(16)9-12-7-5-4-6-8-12/h4-8,13H,9-11H2,1-3H3/t13-/m0/s1. The highest BCUT2D eigenvalue weighted by Gasteiger charge is 2.36. The summed E-state index contributed by atoms with van der Waals surface area (Å²) < 4.78 is 0. The van der Waals surface area contributed by atoms with E-state index < -0.39 is 0 Å². The van der Waals surface area contributed by atoms with E-state index in [2.05, 4.69) is 49.9 Å². The number of rotatable bonds is 2. The maximum atomic E-state index is 11.7. The van der Waals surface area contributed by atoms with E-state index in [9.17, 15) is 4.79 Å². The van der Waals surface area contributed by atoms with Gasteiger partial charge in [0.15, 0.2) is 0 Å². The Bertz CT molecular complexity index is 391. The summed E-state index contributed by atoms with van der Waals surface area (Å²) in [6.07, 6.45) is 1.68. The van der Waals surface area contributed by atoms with Gasteiger partial charge in [-0.3, -0.25) is 9.69 Å². The Kier molecular flexibility index (Phi) is 3.34. The van der Waals surface area contributed by atoms with Crippen molar-refractivity contribution in [2.75, 3.05) is 6.54 Å². The minimum absolute atomic E-state index is 0.0750. The lowest BCUT2D eigenvalue weighted by atomic mass is 9.99. The molecule has 2 heteroatoms. The zero-order valence-electron chi connectivity index (χ0n) is 10.9. The first-order chi connectivity index (χ1) is 7.97. The van der Waals surface area contributed by atoms with E-state index >= 15 is 0 Å². The molecule has 2 nitrogen and oxygen atoms in total. The molecule has 0 unspecified atom stereocenters. The summed E-state index contributed by atoms with van der Waals surface area (Å²) in [4.78, 5) is 14.0. The van der Waals surface area contributed by atoms with Crippen LogP contribution >= 0.6 is 0 Å². The van der Waals surface area contributed by atoms with Crippen LogP contribution in [0.25, 0.3) is 0 Å². The van der Waals surface area contributed by atoms with Crippen LogP contribution < -0.4 is 0 Å². The van der Waals surface area contributed by atoms with Gasteiger partial charge >= 0.3 is 0 Å². The zero-order chi connectivity index (χ0) is 12.5. The summed E-state index contributed by atoms with van der Waals surface area (Å²) >= 11 is 0. The Morgan fingerprint density at radius 3 is 2.47 bits per heavy atom. The van der Waals surface area contributed by atoms with Crippen LogP contribution in [0.3, 0.4) is 0 Å². The second-order valence-corrected chi connectivity index (χ2v) is 5.89. The molecule has 1 aromatic carbocycles. The Morgan fingerprint density at radius 1 is 1.24 bits per heavy atom. The molecule has 0 radical (unpaired) electrons. The molecule has 1 atom stereocenters. The molecular weight excluding hydrogens is 210 g/mol. The topological polar surface area (TPSA) is 20.3 Å². The number of Topliss-reactive ketones (excluding diaryl/α,β-unsaturated/α-hetero) is 1. The third-order valence-corrected chi connectivity index (χ3v) is 3.43. The minimum atomic E-state index is 0.0750. The van der Waals surface area contributed by atoms with Gasteiger partial charge in [-0.15, -0.1) is 0 Å². The fourth-order valence-corrected chi connectivity index (χ4v) is 2.61. The van der Waals surface area contributed by atoms with Crippen molar-refractivity contribution in [1.29, 1.82) is 0 Å². The van der Waals surface area contributed by atoms with Gasteiger partial charge in [0.2, 0.25) is 0 Å². The van der Waals surface area contributed by atoms with Gasteiger partial charge in [0.05, 0.1) is 6.54 Å². The summed E-state index contributed by atoms with van der Waals surface area (Å²) in [6.45, 7) is 7.16. The molecule has 1 heterocycles. The molecule has 1 aliphatic rings. The predicted molar refractivity (Wildman–Crippen MR) is 70.0 cm³/mol. The summed E-state index contributed by atoms with van der Waals surface area (Å²) in [5.74, 6) is 0.376. The fraction of sp³-hybridized carbons (Fsp3) is 0.533. The van der Waals surface area contributed by atoms with Gasteiger partial charge < -0.3 is 0 Å². The molecule has 0 saturated carbocycles. The van der Waals surface area contributed by atoms with Crippen LogP contribution in [0.2, 0.25) is 0 Å². The van der Waals surface area contributed by atoms with E-state index in [4.69, 9.17) is 0 Å². The molecule has 92 valence electrons. The molecule has 0 aliphatic carbocycles. The number of hydrogen-bond acceptors (Lipinski definition) is 2. The fourth-order valence-electron chi connectivity index (χ4n) is 2.61. The Labute approximate surface area is 104 Å². The Morgan fingerprint density at radius 2 is 1.88 bits per heavy atom. The summed E-state index contributed by atoms with van der Waals surface area (Å²) in [5, 5.41) is 0. The van der Waals surface area contributed by atoms with E-state index in [0.29, 0.717) is 24.8 Å².